The fourth-order valence-corrected chi connectivity index (χ4v) is 4.09. The topological polar surface area (TPSA) is 100 Å². The molecular weight excluding hydrogens is 480 g/mol. The van der Waals surface area contributed by atoms with Crippen molar-refractivity contribution in [2.75, 3.05) is 63.9 Å². The van der Waals surface area contributed by atoms with Gasteiger partial charge in [0.05, 0.1) is 24.7 Å². The highest BCUT2D eigenvalue weighted by molar-refractivity contribution is 5.75. The van der Waals surface area contributed by atoms with Crippen LogP contribution in [0.2, 0.25) is 0 Å². The smallest absolute Gasteiger partial charge is 0.278 e. The van der Waals surface area contributed by atoms with Crippen LogP contribution in [-0.4, -0.2) is 72.8 Å². The Morgan fingerprint density at radius 3 is 2.53 bits per heavy atom. The van der Waals surface area contributed by atoms with Crippen LogP contribution >= 0.6 is 0 Å². The van der Waals surface area contributed by atoms with Crippen LogP contribution < -0.4 is 25.8 Å². The summed E-state index contributed by atoms with van der Waals surface area (Å²) in [6.45, 7) is 5.73. The molecule has 38 heavy (non-hydrogen) atoms. The molecule has 0 fully saturated rings. The Morgan fingerprint density at radius 1 is 1.05 bits per heavy atom. The number of nitrogens with one attached hydrogen (secondary N) is 2. The average Bonchev–Trinajstić information content (AvgIpc) is 2.91. The van der Waals surface area contributed by atoms with Crippen LogP contribution in [0.5, 0.6) is 5.75 Å². The first-order valence-corrected chi connectivity index (χ1v) is 12.6. The van der Waals surface area contributed by atoms with Crippen LogP contribution in [0, 0.1) is 0 Å². The van der Waals surface area contributed by atoms with Crippen molar-refractivity contribution in [1.29, 1.82) is 0 Å². The number of hydrogen-bond acceptors (Lipinski definition) is 9. The molecule has 0 saturated carbocycles. The molecule has 0 aliphatic heterocycles. The van der Waals surface area contributed by atoms with E-state index in [2.05, 4.69) is 51.5 Å². The first kappa shape index (κ1) is 26.9. The second kappa shape index (κ2) is 11.5. The summed E-state index contributed by atoms with van der Waals surface area (Å²) in [4.78, 5) is 31.7. The molecule has 10 heteroatoms. The summed E-state index contributed by atoms with van der Waals surface area (Å²) >= 11 is 0. The average molecular weight is 517 g/mol. The summed E-state index contributed by atoms with van der Waals surface area (Å²) in [5.41, 5.74) is 4.57. The molecule has 0 bridgehead atoms. The standard InChI is InChI=1S/C28H36N8O2/c1-18(2)25-27(37)36(21-10-8-9-19(15-21)29-3)26-23(31-25)17-30-28(33-26)32-22-12-11-20(16-24(22)38-7)35(6)14-13-34(4)5/h8-12,15-18,29H,13-14H2,1-7H3,(H,30,32,33). The molecule has 0 aliphatic carbocycles. The van der Waals surface area contributed by atoms with Crippen LogP contribution in [0.3, 0.4) is 0 Å². The Morgan fingerprint density at radius 2 is 1.84 bits per heavy atom. The fraction of sp³-hybridized carbons (Fsp3) is 0.357. The van der Waals surface area contributed by atoms with Gasteiger partial charge in [-0.3, -0.25) is 9.36 Å². The van der Waals surface area contributed by atoms with Gasteiger partial charge < -0.3 is 25.2 Å². The maximum absolute atomic E-state index is 13.6. The van der Waals surface area contributed by atoms with Gasteiger partial charge in [-0.15, -0.1) is 0 Å². The first-order chi connectivity index (χ1) is 18.2. The Hall–Kier alpha value is -4.18. The van der Waals surface area contributed by atoms with Crippen molar-refractivity contribution in [2.45, 2.75) is 19.8 Å². The maximum Gasteiger partial charge on any atom is 0.278 e. The molecule has 2 N–H and O–H groups in total. The minimum atomic E-state index is -0.201. The summed E-state index contributed by atoms with van der Waals surface area (Å²) in [7, 11) is 9.64. The first-order valence-electron chi connectivity index (χ1n) is 12.6. The summed E-state index contributed by atoms with van der Waals surface area (Å²) in [6, 6.07) is 13.6. The van der Waals surface area contributed by atoms with E-state index in [0.29, 0.717) is 34.2 Å². The van der Waals surface area contributed by atoms with Crippen molar-refractivity contribution >= 4 is 34.2 Å². The number of aromatic nitrogens is 4. The summed E-state index contributed by atoms with van der Waals surface area (Å²) in [6.07, 6.45) is 1.64. The number of fused-ring (bicyclic) bond motifs is 1. The minimum Gasteiger partial charge on any atom is -0.494 e. The zero-order chi connectivity index (χ0) is 27.4. The second-order valence-corrected chi connectivity index (χ2v) is 9.73. The van der Waals surface area contributed by atoms with Crippen LogP contribution in [0.15, 0.2) is 53.5 Å². The van der Waals surface area contributed by atoms with Crippen molar-refractivity contribution < 1.29 is 4.74 Å². The zero-order valence-electron chi connectivity index (χ0n) is 23.1. The predicted octanol–water partition coefficient (Wildman–Crippen LogP) is 4.09. The van der Waals surface area contributed by atoms with Gasteiger partial charge in [0.25, 0.3) is 5.56 Å². The number of rotatable bonds is 10. The lowest BCUT2D eigenvalue weighted by Crippen LogP contribution is -2.28. The lowest BCUT2D eigenvalue weighted by Gasteiger charge is -2.23. The van der Waals surface area contributed by atoms with E-state index in [9.17, 15) is 4.79 Å². The third-order valence-corrected chi connectivity index (χ3v) is 6.32. The highest BCUT2D eigenvalue weighted by Gasteiger charge is 2.18. The number of hydrogen-bond donors (Lipinski definition) is 2. The molecule has 0 aliphatic rings. The predicted molar refractivity (Wildman–Crippen MR) is 155 cm³/mol. The van der Waals surface area contributed by atoms with E-state index < -0.39 is 0 Å². The number of methoxy groups -OCH3 is 1. The van der Waals surface area contributed by atoms with Gasteiger partial charge in [0.1, 0.15) is 17.0 Å². The highest BCUT2D eigenvalue weighted by atomic mass is 16.5. The van der Waals surface area contributed by atoms with Gasteiger partial charge in [-0.25, -0.2) is 9.97 Å². The van der Waals surface area contributed by atoms with Crippen LogP contribution in [-0.2, 0) is 0 Å². The molecule has 2 aromatic heterocycles. The van der Waals surface area contributed by atoms with Crippen LogP contribution in [0.4, 0.5) is 23.0 Å². The van der Waals surface area contributed by atoms with Gasteiger partial charge in [0.15, 0.2) is 5.65 Å². The molecule has 4 aromatic rings. The number of ether oxygens (including phenoxy) is 1. The molecular formula is C28H36N8O2. The summed E-state index contributed by atoms with van der Waals surface area (Å²) in [5.74, 6) is 0.943. The fourth-order valence-electron chi connectivity index (χ4n) is 4.09. The van der Waals surface area contributed by atoms with Crippen molar-refractivity contribution in [3.63, 3.8) is 0 Å². The molecule has 0 saturated heterocycles. The molecule has 0 amide bonds. The molecule has 200 valence electrons. The zero-order valence-corrected chi connectivity index (χ0v) is 23.1. The Kier molecular flexibility index (Phi) is 8.11. The van der Waals surface area contributed by atoms with E-state index in [4.69, 9.17) is 9.72 Å². The monoisotopic (exact) mass is 516 g/mol. The summed E-state index contributed by atoms with van der Waals surface area (Å²) < 4.78 is 7.27. The van der Waals surface area contributed by atoms with E-state index in [1.165, 1.54) is 0 Å². The largest absolute Gasteiger partial charge is 0.494 e. The van der Waals surface area contributed by atoms with Crippen LogP contribution in [0.1, 0.15) is 25.5 Å². The quantitative estimate of drug-likeness (QED) is 0.323. The van der Waals surface area contributed by atoms with E-state index in [-0.39, 0.29) is 11.5 Å². The second-order valence-electron chi connectivity index (χ2n) is 9.73. The molecule has 2 aromatic carbocycles. The van der Waals surface area contributed by atoms with Gasteiger partial charge >= 0.3 is 0 Å². The maximum atomic E-state index is 13.6. The SMILES string of the molecule is CNc1cccc(-n2c(=O)c(C(C)C)nc3cnc(Nc4ccc(N(C)CCN(C)C)cc4OC)nc32)c1. The molecule has 0 atom stereocenters. The Balaban J connectivity index is 1.76. The molecule has 4 rings (SSSR count). The molecule has 0 spiro atoms. The third-order valence-electron chi connectivity index (χ3n) is 6.32. The summed E-state index contributed by atoms with van der Waals surface area (Å²) in [5, 5.41) is 6.39. The number of likely N-dealkylation sites (N-methyl/N-ethyl adjacent to an activating group) is 2. The number of anilines is 4. The third kappa shape index (κ3) is 5.70. The van der Waals surface area contributed by atoms with Crippen molar-refractivity contribution in [2.24, 2.45) is 0 Å². The van der Waals surface area contributed by atoms with E-state index in [0.717, 1.165) is 30.2 Å². The normalized spacial score (nSPS) is 11.3. The number of benzene rings is 2. The lowest BCUT2D eigenvalue weighted by atomic mass is 10.1. The highest BCUT2D eigenvalue weighted by Crippen LogP contribution is 2.31. The van der Waals surface area contributed by atoms with Gasteiger partial charge in [0, 0.05) is 50.5 Å². The van der Waals surface area contributed by atoms with Crippen molar-refractivity contribution in [3.05, 3.63) is 64.7 Å². The van der Waals surface area contributed by atoms with Crippen molar-refractivity contribution in [1.82, 2.24) is 24.4 Å². The molecule has 0 radical (unpaired) electrons. The van der Waals surface area contributed by atoms with Crippen LogP contribution in [0.25, 0.3) is 16.9 Å². The number of nitrogens with zero attached hydrogens (tertiary/aromatic N) is 6. The molecule has 0 unspecified atom stereocenters. The van der Waals surface area contributed by atoms with Gasteiger partial charge in [-0.1, -0.05) is 19.9 Å². The van der Waals surface area contributed by atoms with E-state index in [1.54, 1.807) is 17.9 Å². The lowest BCUT2D eigenvalue weighted by molar-refractivity contribution is 0.413. The van der Waals surface area contributed by atoms with Crippen molar-refractivity contribution in [3.8, 4) is 11.4 Å². The Bertz CT molecular complexity index is 1480. The van der Waals surface area contributed by atoms with Gasteiger partial charge in [-0.2, -0.15) is 4.98 Å². The molecule has 10 nitrogen and oxygen atoms in total. The minimum absolute atomic E-state index is 0.0536. The molecule has 2 heterocycles. The van der Waals surface area contributed by atoms with Gasteiger partial charge in [0.2, 0.25) is 5.95 Å². The van der Waals surface area contributed by atoms with E-state index >= 15 is 0 Å². The van der Waals surface area contributed by atoms with E-state index in [1.807, 2.05) is 63.4 Å². The van der Waals surface area contributed by atoms with Gasteiger partial charge in [-0.05, 0) is 44.4 Å². The Labute approximate surface area is 223 Å².